The first-order valence-corrected chi connectivity index (χ1v) is 6.25. The molecule has 0 aliphatic heterocycles. The number of nitrogens with one attached hydrogen (secondary N) is 1. The van der Waals surface area contributed by atoms with Gasteiger partial charge in [-0.05, 0) is 36.2 Å². The fraction of sp³-hybridized carbons (Fsp3) is 0.200. The van der Waals surface area contributed by atoms with Crippen LogP contribution < -0.4 is 10.1 Å². The van der Waals surface area contributed by atoms with Crippen LogP contribution in [0.4, 0.5) is 5.82 Å². The van der Waals surface area contributed by atoms with Gasteiger partial charge in [0.25, 0.3) is 0 Å². The number of carboxylic acids is 1. The largest absolute Gasteiger partial charge is 0.497 e. The number of carboxylic acid groups (broad SMARTS) is 1. The molecule has 2 aromatic rings. The predicted octanol–water partition coefficient (Wildman–Crippen LogP) is 2.44. The molecule has 1 heterocycles. The molecule has 2 rings (SSSR count). The van der Waals surface area contributed by atoms with E-state index in [1.165, 1.54) is 17.8 Å². The normalized spacial score (nSPS) is 10.1. The zero-order valence-corrected chi connectivity index (χ0v) is 11.2. The summed E-state index contributed by atoms with van der Waals surface area (Å²) in [6.45, 7) is 0.715. The van der Waals surface area contributed by atoms with Gasteiger partial charge in [0, 0.05) is 12.7 Å². The number of pyridine rings is 1. The number of anilines is 1. The number of hydrogen-bond acceptors (Lipinski definition) is 4. The Balaban J connectivity index is 1.87. The highest BCUT2D eigenvalue weighted by atomic mass is 16.5. The van der Waals surface area contributed by atoms with E-state index >= 15 is 0 Å². The molecule has 0 spiro atoms. The van der Waals surface area contributed by atoms with E-state index in [-0.39, 0.29) is 5.56 Å². The lowest BCUT2D eigenvalue weighted by molar-refractivity contribution is 0.0696. The second kappa shape index (κ2) is 6.56. The number of ether oxygens (including phenoxy) is 1. The molecule has 104 valence electrons. The summed E-state index contributed by atoms with van der Waals surface area (Å²) in [6.07, 6.45) is 2.18. The van der Waals surface area contributed by atoms with E-state index in [0.717, 1.165) is 12.2 Å². The first kappa shape index (κ1) is 13.9. The van der Waals surface area contributed by atoms with Gasteiger partial charge >= 0.3 is 5.97 Å². The van der Waals surface area contributed by atoms with Crippen LogP contribution in [-0.4, -0.2) is 29.7 Å². The second-order valence-corrected chi connectivity index (χ2v) is 4.27. The zero-order chi connectivity index (χ0) is 14.4. The van der Waals surface area contributed by atoms with Gasteiger partial charge in [-0.15, -0.1) is 0 Å². The number of rotatable bonds is 6. The van der Waals surface area contributed by atoms with E-state index < -0.39 is 5.97 Å². The molecule has 20 heavy (non-hydrogen) atoms. The highest BCUT2D eigenvalue weighted by molar-refractivity contribution is 5.87. The molecule has 0 atom stereocenters. The topological polar surface area (TPSA) is 71.5 Å². The number of benzene rings is 1. The van der Waals surface area contributed by atoms with Gasteiger partial charge in [-0.2, -0.15) is 0 Å². The second-order valence-electron chi connectivity index (χ2n) is 4.27. The predicted molar refractivity (Wildman–Crippen MR) is 76.4 cm³/mol. The van der Waals surface area contributed by atoms with Crippen LogP contribution in [-0.2, 0) is 6.42 Å². The van der Waals surface area contributed by atoms with Gasteiger partial charge in [-0.3, -0.25) is 0 Å². The Labute approximate surface area is 117 Å². The lowest BCUT2D eigenvalue weighted by Gasteiger charge is -2.07. The van der Waals surface area contributed by atoms with Crippen LogP contribution in [0, 0.1) is 0 Å². The van der Waals surface area contributed by atoms with Crippen molar-refractivity contribution in [2.75, 3.05) is 19.0 Å². The van der Waals surface area contributed by atoms with Gasteiger partial charge in [0.1, 0.15) is 11.6 Å². The SMILES string of the molecule is COc1cccc(CCNc2ccc(C(=O)O)cn2)c1. The number of nitrogens with zero attached hydrogens (tertiary/aromatic N) is 1. The summed E-state index contributed by atoms with van der Waals surface area (Å²) < 4.78 is 5.17. The molecule has 0 saturated heterocycles. The van der Waals surface area contributed by atoms with Crippen LogP contribution in [0.2, 0.25) is 0 Å². The molecule has 0 aliphatic rings. The standard InChI is InChI=1S/C15H16N2O3/c1-20-13-4-2-3-11(9-13)7-8-16-14-6-5-12(10-17-14)15(18)19/h2-6,9-10H,7-8H2,1H3,(H,16,17)(H,18,19). The van der Waals surface area contributed by atoms with Gasteiger partial charge in [-0.25, -0.2) is 9.78 Å². The third kappa shape index (κ3) is 3.71. The number of carbonyl (C=O) groups is 1. The molecule has 2 N–H and O–H groups in total. The Bertz CT molecular complexity index is 582. The Morgan fingerprint density at radius 1 is 1.35 bits per heavy atom. The summed E-state index contributed by atoms with van der Waals surface area (Å²) in [7, 11) is 1.64. The van der Waals surface area contributed by atoms with Crippen LogP contribution in [0.5, 0.6) is 5.75 Å². The highest BCUT2D eigenvalue weighted by Crippen LogP contribution is 2.13. The Morgan fingerprint density at radius 2 is 2.20 bits per heavy atom. The smallest absolute Gasteiger partial charge is 0.337 e. The van der Waals surface area contributed by atoms with Gasteiger partial charge in [0.05, 0.1) is 12.7 Å². The molecule has 0 amide bonds. The maximum absolute atomic E-state index is 10.7. The third-order valence-corrected chi connectivity index (χ3v) is 2.86. The fourth-order valence-corrected chi connectivity index (χ4v) is 1.79. The number of methoxy groups -OCH3 is 1. The van der Waals surface area contributed by atoms with Gasteiger partial charge < -0.3 is 15.2 Å². The lowest BCUT2D eigenvalue weighted by Crippen LogP contribution is -2.07. The Hall–Kier alpha value is -2.56. The van der Waals surface area contributed by atoms with Gasteiger partial charge in [0.15, 0.2) is 0 Å². The van der Waals surface area contributed by atoms with E-state index in [4.69, 9.17) is 9.84 Å². The van der Waals surface area contributed by atoms with Crippen molar-refractivity contribution in [1.82, 2.24) is 4.98 Å². The Morgan fingerprint density at radius 3 is 2.85 bits per heavy atom. The monoisotopic (exact) mass is 272 g/mol. The number of aromatic carboxylic acids is 1. The van der Waals surface area contributed by atoms with Crippen LogP contribution >= 0.6 is 0 Å². The quantitative estimate of drug-likeness (QED) is 0.845. The van der Waals surface area contributed by atoms with E-state index in [2.05, 4.69) is 10.3 Å². The van der Waals surface area contributed by atoms with Crippen LogP contribution in [0.15, 0.2) is 42.6 Å². The van der Waals surface area contributed by atoms with Crippen LogP contribution in [0.1, 0.15) is 15.9 Å². The highest BCUT2D eigenvalue weighted by Gasteiger charge is 2.02. The first-order valence-electron chi connectivity index (χ1n) is 6.25. The van der Waals surface area contributed by atoms with Crippen molar-refractivity contribution in [2.24, 2.45) is 0 Å². The summed E-state index contributed by atoms with van der Waals surface area (Å²) in [4.78, 5) is 14.7. The summed E-state index contributed by atoms with van der Waals surface area (Å²) in [5.74, 6) is 0.532. The van der Waals surface area contributed by atoms with Gasteiger partial charge in [0.2, 0.25) is 0 Å². The first-order chi connectivity index (χ1) is 9.69. The van der Waals surface area contributed by atoms with E-state index in [1.807, 2.05) is 24.3 Å². The summed E-state index contributed by atoms with van der Waals surface area (Å²) in [5.41, 5.74) is 1.35. The minimum atomic E-state index is -0.972. The minimum Gasteiger partial charge on any atom is -0.497 e. The molecule has 0 saturated carbocycles. The zero-order valence-electron chi connectivity index (χ0n) is 11.2. The lowest BCUT2D eigenvalue weighted by atomic mass is 10.1. The van der Waals surface area contributed by atoms with E-state index in [0.29, 0.717) is 12.4 Å². The number of hydrogen-bond donors (Lipinski definition) is 2. The number of aromatic nitrogens is 1. The van der Waals surface area contributed by atoms with Crippen molar-refractivity contribution in [3.05, 3.63) is 53.7 Å². The van der Waals surface area contributed by atoms with E-state index in [9.17, 15) is 4.79 Å². The maximum atomic E-state index is 10.7. The molecule has 0 aliphatic carbocycles. The van der Waals surface area contributed by atoms with Crippen molar-refractivity contribution >= 4 is 11.8 Å². The molecule has 1 aromatic carbocycles. The van der Waals surface area contributed by atoms with Crippen LogP contribution in [0.3, 0.4) is 0 Å². The Kier molecular flexibility index (Phi) is 4.55. The van der Waals surface area contributed by atoms with Crippen molar-refractivity contribution in [3.8, 4) is 5.75 Å². The average molecular weight is 272 g/mol. The third-order valence-electron chi connectivity index (χ3n) is 2.86. The molecule has 5 nitrogen and oxygen atoms in total. The minimum absolute atomic E-state index is 0.184. The molecule has 0 radical (unpaired) electrons. The molecule has 0 unspecified atom stereocenters. The summed E-state index contributed by atoms with van der Waals surface area (Å²) in [5, 5.41) is 11.9. The summed E-state index contributed by atoms with van der Waals surface area (Å²) >= 11 is 0. The molecule has 1 aromatic heterocycles. The fourth-order valence-electron chi connectivity index (χ4n) is 1.79. The van der Waals surface area contributed by atoms with Crippen molar-refractivity contribution < 1.29 is 14.6 Å². The molecule has 0 fully saturated rings. The maximum Gasteiger partial charge on any atom is 0.337 e. The van der Waals surface area contributed by atoms with Crippen molar-refractivity contribution in [3.63, 3.8) is 0 Å². The molecule has 5 heteroatoms. The average Bonchev–Trinajstić information content (AvgIpc) is 2.48. The van der Waals surface area contributed by atoms with Crippen molar-refractivity contribution in [2.45, 2.75) is 6.42 Å². The van der Waals surface area contributed by atoms with Crippen molar-refractivity contribution in [1.29, 1.82) is 0 Å². The van der Waals surface area contributed by atoms with Crippen LogP contribution in [0.25, 0.3) is 0 Å². The molecular weight excluding hydrogens is 256 g/mol. The molecule has 0 bridgehead atoms. The van der Waals surface area contributed by atoms with Gasteiger partial charge in [-0.1, -0.05) is 12.1 Å². The van der Waals surface area contributed by atoms with E-state index in [1.54, 1.807) is 13.2 Å². The molecular formula is C15H16N2O3. The summed E-state index contributed by atoms with van der Waals surface area (Å²) in [6, 6.07) is 11.1.